The van der Waals surface area contributed by atoms with Crippen molar-refractivity contribution in [2.45, 2.75) is 24.8 Å². The van der Waals surface area contributed by atoms with Crippen LogP contribution in [0.5, 0.6) is 0 Å². The van der Waals surface area contributed by atoms with Crippen LogP contribution < -0.4 is 9.62 Å². The number of hydrogen-bond donors (Lipinski definition) is 1. The minimum absolute atomic E-state index is 0.347. The summed E-state index contributed by atoms with van der Waals surface area (Å²) in [6, 6.07) is 13.6. The third kappa shape index (κ3) is 6.45. The molecule has 0 aliphatic heterocycles. The standard InChI is InChI=1S/C19H23ClN2O3S2/c1-14-4-10-18(11-5-14)26-13-12-21-19(23)15(2)22(27(3,24)25)17-8-6-16(20)7-9-17/h4-11,15H,12-13H2,1-3H3,(H,21,23)/t15-/m1/s1. The highest BCUT2D eigenvalue weighted by Crippen LogP contribution is 2.23. The van der Waals surface area contributed by atoms with Crippen LogP contribution in [0.4, 0.5) is 5.69 Å². The highest BCUT2D eigenvalue weighted by atomic mass is 35.5. The Morgan fingerprint density at radius 3 is 2.30 bits per heavy atom. The van der Waals surface area contributed by atoms with Crippen LogP contribution in [0, 0.1) is 6.92 Å². The molecular formula is C19H23ClN2O3S2. The van der Waals surface area contributed by atoms with Gasteiger partial charge in [-0.05, 0) is 50.2 Å². The smallest absolute Gasteiger partial charge is 0.243 e. The van der Waals surface area contributed by atoms with Crippen molar-refractivity contribution in [3.63, 3.8) is 0 Å². The number of thioether (sulfide) groups is 1. The number of carbonyl (C=O) groups excluding carboxylic acids is 1. The maximum atomic E-state index is 12.5. The van der Waals surface area contributed by atoms with Gasteiger partial charge in [-0.3, -0.25) is 9.10 Å². The molecule has 1 N–H and O–H groups in total. The fourth-order valence-electron chi connectivity index (χ4n) is 2.52. The largest absolute Gasteiger partial charge is 0.353 e. The SMILES string of the molecule is Cc1ccc(SCCNC(=O)[C@@H](C)N(c2ccc(Cl)cc2)S(C)(=O)=O)cc1. The van der Waals surface area contributed by atoms with E-state index in [1.807, 2.05) is 31.2 Å². The molecule has 2 rings (SSSR count). The minimum Gasteiger partial charge on any atom is -0.353 e. The van der Waals surface area contributed by atoms with Gasteiger partial charge in [0.25, 0.3) is 0 Å². The van der Waals surface area contributed by atoms with Crippen LogP contribution in [0.25, 0.3) is 0 Å². The molecule has 0 heterocycles. The Kier molecular flexibility index (Phi) is 7.59. The van der Waals surface area contributed by atoms with Crippen molar-refractivity contribution in [1.29, 1.82) is 0 Å². The lowest BCUT2D eigenvalue weighted by atomic mass is 10.2. The zero-order valence-electron chi connectivity index (χ0n) is 15.5. The molecule has 27 heavy (non-hydrogen) atoms. The number of nitrogens with zero attached hydrogens (tertiary/aromatic N) is 1. The second-order valence-corrected chi connectivity index (χ2v) is 9.63. The van der Waals surface area contributed by atoms with Gasteiger partial charge < -0.3 is 5.32 Å². The number of amides is 1. The predicted molar refractivity (Wildman–Crippen MR) is 113 cm³/mol. The second kappa shape index (κ2) is 9.48. The number of rotatable bonds is 8. The summed E-state index contributed by atoms with van der Waals surface area (Å²) in [5, 5.41) is 3.30. The molecule has 0 aliphatic rings. The average Bonchev–Trinajstić information content (AvgIpc) is 2.60. The van der Waals surface area contributed by atoms with Gasteiger partial charge in [0, 0.05) is 22.2 Å². The Morgan fingerprint density at radius 2 is 1.74 bits per heavy atom. The average molecular weight is 427 g/mol. The molecule has 0 fully saturated rings. The van der Waals surface area contributed by atoms with Crippen molar-refractivity contribution >= 4 is 45.0 Å². The normalized spacial score (nSPS) is 12.4. The van der Waals surface area contributed by atoms with Gasteiger partial charge in [-0.2, -0.15) is 0 Å². The van der Waals surface area contributed by atoms with E-state index in [2.05, 4.69) is 5.32 Å². The van der Waals surface area contributed by atoms with Crippen molar-refractivity contribution in [3.05, 3.63) is 59.1 Å². The zero-order valence-corrected chi connectivity index (χ0v) is 17.9. The number of nitrogens with one attached hydrogen (secondary N) is 1. The lowest BCUT2D eigenvalue weighted by Gasteiger charge is -2.28. The summed E-state index contributed by atoms with van der Waals surface area (Å²) in [4.78, 5) is 13.6. The van der Waals surface area contributed by atoms with Crippen molar-refractivity contribution in [3.8, 4) is 0 Å². The van der Waals surface area contributed by atoms with Gasteiger partial charge in [-0.15, -0.1) is 11.8 Å². The summed E-state index contributed by atoms with van der Waals surface area (Å²) < 4.78 is 25.5. The molecule has 0 bridgehead atoms. The van der Waals surface area contributed by atoms with Crippen molar-refractivity contribution in [2.75, 3.05) is 22.9 Å². The quantitative estimate of drug-likeness (QED) is 0.516. The van der Waals surface area contributed by atoms with Crippen LogP contribution in [0.1, 0.15) is 12.5 Å². The van der Waals surface area contributed by atoms with Gasteiger partial charge in [0.2, 0.25) is 15.9 Å². The van der Waals surface area contributed by atoms with Crippen LogP contribution in [0.15, 0.2) is 53.4 Å². The predicted octanol–water partition coefficient (Wildman–Crippen LogP) is 3.71. The van der Waals surface area contributed by atoms with Gasteiger partial charge in [0.1, 0.15) is 6.04 Å². The first-order valence-electron chi connectivity index (χ1n) is 8.40. The van der Waals surface area contributed by atoms with Crippen LogP contribution >= 0.6 is 23.4 Å². The summed E-state index contributed by atoms with van der Waals surface area (Å²) in [6.45, 7) is 4.04. The zero-order chi connectivity index (χ0) is 20.0. The summed E-state index contributed by atoms with van der Waals surface area (Å²) in [6.07, 6.45) is 1.08. The van der Waals surface area contributed by atoms with E-state index in [1.54, 1.807) is 43.0 Å². The number of carbonyl (C=O) groups is 1. The van der Waals surface area contributed by atoms with Gasteiger partial charge in [-0.25, -0.2) is 8.42 Å². The maximum Gasteiger partial charge on any atom is 0.243 e. The molecule has 2 aromatic carbocycles. The van der Waals surface area contributed by atoms with Crippen LogP contribution in [-0.4, -0.2) is 38.9 Å². The molecule has 0 aliphatic carbocycles. The monoisotopic (exact) mass is 426 g/mol. The van der Waals surface area contributed by atoms with E-state index in [4.69, 9.17) is 11.6 Å². The van der Waals surface area contributed by atoms with Gasteiger partial charge in [0.05, 0.1) is 11.9 Å². The first-order valence-corrected chi connectivity index (χ1v) is 11.6. The lowest BCUT2D eigenvalue weighted by Crippen LogP contribution is -2.48. The molecule has 1 amide bonds. The van der Waals surface area contributed by atoms with Gasteiger partial charge >= 0.3 is 0 Å². The van der Waals surface area contributed by atoms with Crippen LogP contribution in [0.3, 0.4) is 0 Å². The Bertz CT molecular complexity index is 869. The second-order valence-electron chi connectivity index (χ2n) is 6.16. The molecule has 0 aromatic heterocycles. The van der Waals surface area contributed by atoms with Gasteiger partial charge in [0.15, 0.2) is 0 Å². The molecule has 146 valence electrons. The fourth-order valence-corrected chi connectivity index (χ4v) is 4.59. The summed E-state index contributed by atoms with van der Waals surface area (Å²) >= 11 is 7.50. The Balaban J connectivity index is 1.96. The van der Waals surface area contributed by atoms with E-state index in [1.165, 1.54) is 5.56 Å². The fraction of sp³-hybridized carbons (Fsp3) is 0.316. The van der Waals surface area contributed by atoms with E-state index in [0.29, 0.717) is 23.0 Å². The van der Waals surface area contributed by atoms with E-state index < -0.39 is 16.1 Å². The molecular weight excluding hydrogens is 404 g/mol. The molecule has 0 saturated carbocycles. The molecule has 0 unspecified atom stereocenters. The highest BCUT2D eigenvalue weighted by molar-refractivity contribution is 7.99. The third-order valence-corrected chi connectivity index (χ3v) is 6.37. The van der Waals surface area contributed by atoms with Crippen molar-refractivity contribution in [1.82, 2.24) is 5.32 Å². The van der Waals surface area contributed by atoms with Crippen molar-refractivity contribution < 1.29 is 13.2 Å². The Labute approximate surface area is 170 Å². The number of benzene rings is 2. The number of hydrogen-bond acceptors (Lipinski definition) is 4. The lowest BCUT2D eigenvalue weighted by molar-refractivity contribution is -0.121. The van der Waals surface area contributed by atoms with E-state index in [9.17, 15) is 13.2 Å². The first kappa shape index (κ1) is 21.6. The minimum atomic E-state index is -3.63. The molecule has 8 heteroatoms. The number of anilines is 1. The molecule has 2 aromatic rings. The summed E-state index contributed by atoms with van der Waals surface area (Å²) in [7, 11) is -3.63. The molecule has 0 saturated heterocycles. The summed E-state index contributed by atoms with van der Waals surface area (Å²) in [5.41, 5.74) is 1.60. The van der Waals surface area contributed by atoms with Crippen molar-refractivity contribution in [2.24, 2.45) is 0 Å². The first-order chi connectivity index (χ1) is 12.7. The Hall–Kier alpha value is -1.70. The van der Waals surface area contributed by atoms with Crippen LogP contribution in [0.2, 0.25) is 5.02 Å². The van der Waals surface area contributed by atoms with Crippen LogP contribution in [-0.2, 0) is 14.8 Å². The summed E-state index contributed by atoms with van der Waals surface area (Å²) in [5.74, 6) is 0.348. The number of aryl methyl sites for hydroxylation is 1. The van der Waals surface area contributed by atoms with E-state index >= 15 is 0 Å². The molecule has 0 spiro atoms. The number of sulfonamides is 1. The molecule has 5 nitrogen and oxygen atoms in total. The third-order valence-electron chi connectivity index (χ3n) is 3.86. The molecule has 0 radical (unpaired) electrons. The van der Waals surface area contributed by atoms with E-state index in [0.717, 1.165) is 15.5 Å². The topological polar surface area (TPSA) is 66.5 Å². The number of halogens is 1. The Morgan fingerprint density at radius 1 is 1.15 bits per heavy atom. The van der Waals surface area contributed by atoms with E-state index in [-0.39, 0.29) is 5.91 Å². The highest BCUT2D eigenvalue weighted by Gasteiger charge is 2.28. The van der Waals surface area contributed by atoms with Gasteiger partial charge in [-0.1, -0.05) is 29.3 Å². The molecule has 1 atom stereocenters. The maximum absolute atomic E-state index is 12.5.